The van der Waals surface area contributed by atoms with Crippen molar-refractivity contribution in [3.05, 3.63) is 54.7 Å². The summed E-state index contributed by atoms with van der Waals surface area (Å²) in [6.45, 7) is -1.55. The van der Waals surface area contributed by atoms with Crippen molar-refractivity contribution in [1.82, 2.24) is 29.9 Å². The fraction of sp³-hybridized carbons (Fsp3) is 0.357. The van der Waals surface area contributed by atoms with Crippen LogP contribution in [-0.2, 0) is 5.60 Å². The molecule has 0 aliphatic carbocycles. The number of aromatic nitrogens is 6. The highest BCUT2D eigenvalue weighted by Crippen LogP contribution is 2.49. The monoisotopic (exact) mass is 334 g/mol. The maximum absolute atomic E-state index is 11.5. The van der Waals surface area contributed by atoms with E-state index in [9.17, 15) is 20.4 Å². The number of nitrogens with one attached hydrogen (secondary N) is 3. The van der Waals surface area contributed by atoms with Gasteiger partial charge in [0.25, 0.3) is 0 Å². The molecule has 0 amide bonds. The van der Waals surface area contributed by atoms with E-state index in [0.29, 0.717) is 0 Å². The number of H-pyrrole nitrogens is 3. The number of aromatic amines is 3. The molecule has 128 valence electrons. The number of aliphatic hydroxyl groups is 4. The summed E-state index contributed by atoms with van der Waals surface area (Å²) in [5, 5.41) is 42.4. The summed E-state index contributed by atoms with van der Waals surface area (Å²) in [6.07, 6.45) is 7.12. The zero-order chi connectivity index (χ0) is 17.2. The van der Waals surface area contributed by atoms with Crippen LogP contribution in [0.1, 0.15) is 23.6 Å². The third-order valence-electron chi connectivity index (χ3n) is 4.27. The van der Waals surface area contributed by atoms with Gasteiger partial charge in [-0.05, 0) is 0 Å². The molecule has 3 rings (SSSR count). The van der Waals surface area contributed by atoms with Crippen molar-refractivity contribution in [1.29, 1.82) is 0 Å². The first kappa shape index (κ1) is 16.3. The molecular formula is C14H18N6O4. The van der Waals surface area contributed by atoms with Crippen LogP contribution in [0.5, 0.6) is 0 Å². The van der Waals surface area contributed by atoms with Crippen LogP contribution >= 0.6 is 0 Å². The number of nitrogens with zero attached hydrogens (tertiary/aromatic N) is 3. The van der Waals surface area contributed by atoms with Gasteiger partial charge in [0.05, 0.1) is 18.6 Å². The Morgan fingerprint density at radius 1 is 0.875 bits per heavy atom. The summed E-state index contributed by atoms with van der Waals surface area (Å²) in [7, 11) is 0. The second kappa shape index (κ2) is 6.17. The van der Waals surface area contributed by atoms with Gasteiger partial charge in [-0.1, -0.05) is 0 Å². The van der Waals surface area contributed by atoms with Crippen LogP contribution < -0.4 is 0 Å². The lowest BCUT2D eigenvalue weighted by atomic mass is 9.67. The van der Waals surface area contributed by atoms with E-state index in [2.05, 4.69) is 29.9 Å². The second-order valence-corrected chi connectivity index (χ2v) is 5.44. The lowest BCUT2D eigenvalue weighted by molar-refractivity contribution is -0.181. The molecule has 3 heterocycles. The molecule has 0 saturated heterocycles. The van der Waals surface area contributed by atoms with Crippen LogP contribution in [0.4, 0.5) is 0 Å². The maximum Gasteiger partial charge on any atom is 0.192 e. The molecule has 0 bridgehead atoms. The number of rotatable bonds is 7. The van der Waals surface area contributed by atoms with Gasteiger partial charge in [0.2, 0.25) is 0 Å². The summed E-state index contributed by atoms with van der Waals surface area (Å²) in [4.78, 5) is 20.3. The van der Waals surface area contributed by atoms with Crippen molar-refractivity contribution in [2.45, 2.75) is 11.7 Å². The summed E-state index contributed by atoms with van der Waals surface area (Å²) in [5.74, 6) is 0.0898. The van der Waals surface area contributed by atoms with Crippen molar-refractivity contribution in [3.63, 3.8) is 0 Å². The fourth-order valence-electron chi connectivity index (χ4n) is 2.85. The Hall–Kier alpha value is -2.53. The Balaban J connectivity index is 2.23. The van der Waals surface area contributed by atoms with E-state index < -0.39 is 30.3 Å². The first-order valence-corrected chi connectivity index (χ1v) is 7.21. The van der Waals surface area contributed by atoms with Gasteiger partial charge in [-0.15, -0.1) is 0 Å². The molecule has 0 aliphatic heterocycles. The molecule has 1 atom stereocenters. The van der Waals surface area contributed by atoms with Crippen molar-refractivity contribution in [2.75, 3.05) is 13.2 Å². The lowest BCUT2D eigenvalue weighted by Gasteiger charge is -2.44. The molecule has 0 fully saturated rings. The van der Waals surface area contributed by atoms with E-state index in [1.807, 2.05) is 0 Å². The van der Waals surface area contributed by atoms with Gasteiger partial charge in [-0.2, -0.15) is 0 Å². The first-order valence-electron chi connectivity index (χ1n) is 7.21. The molecule has 10 heteroatoms. The van der Waals surface area contributed by atoms with Crippen molar-refractivity contribution < 1.29 is 20.4 Å². The van der Waals surface area contributed by atoms with Crippen LogP contribution in [0, 0.1) is 5.41 Å². The van der Waals surface area contributed by atoms with Crippen LogP contribution in [0.25, 0.3) is 0 Å². The van der Waals surface area contributed by atoms with Crippen LogP contribution in [0.2, 0.25) is 0 Å². The minimum Gasteiger partial charge on any atom is -0.395 e. The molecule has 7 N–H and O–H groups in total. The minimum absolute atomic E-state index is 0.00570. The van der Waals surface area contributed by atoms with E-state index >= 15 is 0 Å². The minimum atomic E-state index is -2.14. The Morgan fingerprint density at radius 3 is 1.75 bits per heavy atom. The highest BCUT2D eigenvalue weighted by atomic mass is 16.3. The van der Waals surface area contributed by atoms with Crippen LogP contribution in [0.15, 0.2) is 37.2 Å². The molecule has 0 aliphatic rings. The lowest BCUT2D eigenvalue weighted by Crippen LogP contribution is -2.56. The maximum atomic E-state index is 11.5. The topological polar surface area (TPSA) is 167 Å². The van der Waals surface area contributed by atoms with Gasteiger partial charge in [0.15, 0.2) is 5.60 Å². The van der Waals surface area contributed by atoms with Gasteiger partial charge in [0, 0.05) is 37.2 Å². The molecule has 24 heavy (non-hydrogen) atoms. The first-order chi connectivity index (χ1) is 11.6. The van der Waals surface area contributed by atoms with Gasteiger partial charge in [-0.3, -0.25) is 0 Å². The number of hydrogen-bond acceptors (Lipinski definition) is 7. The Bertz CT molecular complexity index is 702. The van der Waals surface area contributed by atoms with Crippen molar-refractivity contribution in [2.24, 2.45) is 5.41 Å². The zero-order valence-corrected chi connectivity index (χ0v) is 12.6. The summed E-state index contributed by atoms with van der Waals surface area (Å²) >= 11 is 0. The standard InChI is InChI=1S/C14H18N6O4/c21-7-13(8-22,9(23)10-15-1-2-16-10)14(24,11-17-3-4-18-11)12-19-5-6-20-12/h1-6,9,21-24H,7-8H2,(H,15,16)(H,17,18)(H,19,20). The van der Waals surface area contributed by atoms with Crippen LogP contribution in [-0.4, -0.2) is 63.5 Å². The highest BCUT2D eigenvalue weighted by molar-refractivity contribution is 5.26. The van der Waals surface area contributed by atoms with Gasteiger partial charge < -0.3 is 35.4 Å². The van der Waals surface area contributed by atoms with Crippen molar-refractivity contribution >= 4 is 0 Å². The number of aliphatic hydroxyl groups excluding tert-OH is 3. The zero-order valence-electron chi connectivity index (χ0n) is 12.6. The third-order valence-corrected chi connectivity index (χ3v) is 4.27. The Morgan fingerprint density at radius 2 is 1.38 bits per heavy atom. The Labute approximate surface area is 136 Å². The fourth-order valence-corrected chi connectivity index (χ4v) is 2.85. The summed E-state index contributed by atoms with van der Waals surface area (Å²) in [5.41, 5.74) is -4.03. The van der Waals surface area contributed by atoms with E-state index in [-0.39, 0.29) is 17.5 Å². The molecule has 3 aromatic rings. The molecule has 0 saturated carbocycles. The highest BCUT2D eigenvalue weighted by Gasteiger charge is 2.61. The molecule has 0 aromatic carbocycles. The van der Waals surface area contributed by atoms with Gasteiger partial charge in [-0.25, -0.2) is 15.0 Å². The van der Waals surface area contributed by atoms with Crippen molar-refractivity contribution in [3.8, 4) is 0 Å². The average molecular weight is 334 g/mol. The smallest absolute Gasteiger partial charge is 0.192 e. The predicted octanol–water partition coefficient (Wildman–Crippen LogP) is -1.20. The van der Waals surface area contributed by atoms with Gasteiger partial charge >= 0.3 is 0 Å². The van der Waals surface area contributed by atoms with E-state index in [4.69, 9.17) is 0 Å². The molecule has 10 nitrogen and oxygen atoms in total. The molecule has 1 unspecified atom stereocenters. The Kier molecular flexibility index (Phi) is 4.20. The molecule has 0 spiro atoms. The number of imidazole rings is 3. The average Bonchev–Trinajstić information content (AvgIpc) is 3.39. The number of hydrogen-bond donors (Lipinski definition) is 7. The van der Waals surface area contributed by atoms with Crippen LogP contribution in [0.3, 0.4) is 0 Å². The summed E-state index contributed by atoms with van der Waals surface area (Å²) < 4.78 is 0. The van der Waals surface area contributed by atoms with E-state index in [0.717, 1.165) is 0 Å². The summed E-state index contributed by atoms with van der Waals surface area (Å²) in [6, 6.07) is 0. The largest absolute Gasteiger partial charge is 0.395 e. The predicted molar refractivity (Wildman–Crippen MR) is 80.3 cm³/mol. The SMILES string of the molecule is OCC(CO)(C(O)c1ncc[nH]1)C(O)(c1ncc[nH]1)c1ncc[nH]1. The molecule has 3 aromatic heterocycles. The van der Waals surface area contributed by atoms with E-state index in [1.165, 1.54) is 37.2 Å². The second-order valence-electron chi connectivity index (χ2n) is 5.44. The normalized spacial score (nSPS) is 14.0. The van der Waals surface area contributed by atoms with Gasteiger partial charge in [0.1, 0.15) is 23.6 Å². The molecular weight excluding hydrogens is 316 g/mol. The molecule has 0 radical (unpaired) electrons. The quantitative estimate of drug-likeness (QED) is 0.285. The van der Waals surface area contributed by atoms with E-state index in [1.54, 1.807) is 0 Å². The third kappa shape index (κ3) is 2.16.